The molecule has 0 fully saturated rings. The van der Waals surface area contributed by atoms with Crippen LogP contribution in [0.2, 0.25) is 0 Å². The predicted molar refractivity (Wildman–Crippen MR) is 117 cm³/mol. The van der Waals surface area contributed by atoms with Crippen molar-refractivity contribution in [3.05, 3.63) is 58.7 Å². The van der Waals surface area contributed by atoms with Gasteiger partial charge in [-0.05, 0) is 59.4 Å². The van der Waals surface area contributed by atoms with Crippen molar-refractivity contribution in [1.29, 1.82) is 0 Å². The van der Waals surface area contributed by atoms with E-state index in [0.29, 0.717) is 19.4 Å². The lowest BCUT2D eigenvalue weighted by molar-refractivity contribution is 0.159. The highest BCUT2D eigenvalue weighted by molar-refractivity contribution is 5.53. The molecule has 2 aromatic carbocycles. The molecule has 6 nitrogen and oxygen atoms in total. The Morgan fingerprint density at radius 2 is 1.94 bits per heavy atom. The van der Waals surface area contributed by atoms with Crippen molar-refractivity contribution >= 4 is 0 Å². The largest absolute Gasteiger partial charge is 0.493 e. The maximum atomic E-state index is 8.96. The molecule has 0 saturated carbocycles. The van der Waals surface area contributed by atoms with Crippen LogP contribution >= 0.6 is 0 Å². The van der Waals surface area contributed by atoms with Gasteiger partial charge in [-0.3, -0.25) is 4.90 Å². The smallest absolute Gasteiger partial charge is 0.231 e. The van der Waals surface area contributed by atoms with E-state index in [4.69, 9.17) is 24.1 Å². The van der Waals surface area contributed by atoms with Gasteiger partial charge in [0, 0.05) is 25.0 Å². The first-order chi connectivity index (χ1) is 15.2. The number of benzene rings is 2. The molecule has 2 atom stereocenters. The third-order valence-electron chi connectivity index (χ3n) is 6.45. The van der Waals surface area contributed by atoms with E-state index in [0.717, 1.165) is 48.9 Å². The lowest BCUT2D eigenvalue weighted by Crippen LogP contribution is -2.39. The molecule has 0 amide bonds. The molecule has 2 aromatic rings. The zero-order chi connectivity index (χ0) is 21.4. The normalized spacial score (nSPS) is 20.2. The number of aliphatic hydroxyl groups excluding tert-OH is 1. The summed E-state index contributed by atoms with van der Waals surface area (Å²) in [6, 6.07) is 8.95. The van der Waals surface area contributed by atoms with Crippen LogP contribution in [0.3, 0.4) is 0 Å². The number of aliphatic hydroxyl groups is 1. The van der Waals surface area contributed by atoms with E-state index in [1.165, 1.54) is 22.3 Å². The maximum absolute atomic E-state index is 8.96. The summed E-state index contributed by atoms with van der Waals surface area (Å²) < 4.78 is 23.0. The summed E-state index contributed by atoms with van der Waals surface area (Å²) in [7, 11) is 1.69. The molecule has 5 rings (SSSR count). The molecule has 0 saturated heterocycles. The molecular weight excluding hydrogens is 394 g/mol. The maximum Gasteiger partial charge on any atom is 0.231 e. The van der Waals surface area contributed by atoms with E-state index < -0.39 is 0 Å². The fraction of sp³-hybridized carbons (Fsp3) is 0.440. The zero-order valence-electron chi connectivity index (χ0n) is 18.1. The monoisotopic (exact) mass is 423 g/mol. The first-order valence-electron chi connectivity index (χ1n) is 10.9. The molecule has 1 N–H and O–H groups in total. The van der Waals surface area contributed by atoms with Crippen molar-refractivity contribution in [3.8, 4) is 23.0 Å². The number of ether oxygens (including phenoxy) is 4. The molecule has 164 valence electrons. The molecule has 0 aliphatic carbocycles. The van der Waals surface area contributed by atoms with Gasteiger partial charge in [0.1, 0.15) is 0 Å². The molecule has 3 heterocycles. The van der Waals surface area contributed by atoms with E-state index in [9.17, 15) is 0 Å². The molecular formula is C25H29NO5. The molecule has 0 bridgehead atoms. The Morgan fingerprint density at radius 1 is 1.13 bits per heavy atom. The van der Waals surface area contributed by atoms with Gasteiger partial charge in [0.15, 0.2) is 23.0 Å². The molecule has 2 unspecified atom stereocenters. The molecule has 3 aliphatic rings. The van der Waals surface area contributed by atoms with Gasteiger partial charge < -0.3 is 24.1 Å². The second-order valence-electron chi connectivity index (χ2n) is 8.52. The summed E-state index contributed by atoms with van der Waals surface area (Å²) in [5, 5.41) is 8.96. The van der Waals surface area contributed by atoms with Crippen LogP contribution in [0.25, 0.3) is 0 Å². The van der Waals surface area contributed by atoms with Crippen LogP contribution in [-0.4, -0.2) is 43.7 Å². The minimum atomic E-state index is 0.0479. The van der Waals surface area contributed by atoms with Gasteiger partial charge >= 0.3 is 0 Å². The van der Waals surface area contributed by atoms with Crippen LogP contribution in [0, 0.1) is 5.92 Å². The predicted octanol–water partition coefficient (Wildman–Crippen LogP) is 3.64. The molecule has 3 aliphatic heterocycles. The molecule has 0 aromatic heterocycles. The van der Waals surface area contributed by atoms with Crippen LogP contribution in [0.4, 0.5) is 0 Å². The second-order valence-corrected chi connectivity index (χ2v) is 8.52. The first kappa shape index (κ1) is 20.2. The number of methoxy groups -OCH3 is 1. The highest BCUT2D eigenvalue weighted by Crippen LogP contribution is 2.45. The summed E-state index contributed by atoms with van der Waals surface area (Å²) in [5.74, 6) is 3.48. The van der Waals surface area contributed by atoms with Gasteiger partial charge in [0.2, 0.25) is 6.79 Å². The Balaban J connectivity index is 1.41. The van der Waals surface area contributed by atoms with Crippen LogP contribution in [0.1, 0.15) is 35.2 Å². The van der Waals surface area contributed by atoms with E-state index in [1.807, 2.05) is 6.08 Å². The number of fused-ring (bicyclic) bond motifs is 5. The Kier molecular flexibility index (Phi) is 5.50. The summed E-state index contributed by atoms with van der Waals surface area (Å²) >= 11 is 0. The summed E-state index contributed by atoms with van der Waals surface area (Å²) in [5.41, 5.74) is 5.32. The van der Waals surface area contributed by atoms with E-state index in [2.05, 4.69) is 36.1 Å². The average Bonchev–Trinajstić information content (AvgIpc) is 3.25. The van der Waals surface area contributed by atoms with Gasteiger partial charge in [0.05, 0.1) is 20.3 Å². The fourth-order valence-corrected chi connectivity index (χ4v) is 4.82. The third kappa shape index (κ3) is 3.86. The van der Waals surface area contributed by atoms with Gasteiger partial charge in [-0.1, -0.05) is 19.1 Å². The Labute approximate surface area is 183 Å². The molecule has 31 heavy (non-hydrogen) atoms. The zero-order valence-corrected chi connectivity index (χ0v) is 18.1. The second kappa shape index (κ2) is 8.44. The molecule has 6 heteroatoms. The Morgan fingerprint density at radius 3 is 2.74 bits per heavy atom. The van der Waals surface area contributed by atoms with Crippen molar-refractivity contribution in [2.75, 3.05) is 33.7 Å². The summed E-state index contributed by atoms with van der Waals surface area (Å²) in [6.07, 6.45) is 5.67. The van der Waals surface area contributed by atoms with Gasteiger partial charge in [-0.15, -0.1) is 0 Å². The van der Waals surface area contributed by atoms with Crippen molar-refractivity contribution in [2.24, 2.45) is 5.92 Å². The molecule has 0 spiro atoms. The summed E-state index contributed by atoms with van der Waals surface area (Å²) in [4.78, 5) is 2.55. The van der Waals surface area contributed by atoms with Crippen LogP contribution in [0.5, 0.6) is 23.0 Å². The van der Waals surface area contributed by atoms with Crippen LogP contribution in [0.15, 0.2) is 36.4 Å². The lowest BCUT2D eigenvalue weighted by Gasteiger charge is -2.41. The van der Waals surface area contributed by atoms with Crippen molar-refractivity contribution in [1.82, 2.24) is 4.90 Å². The van der Waals surface area contributed by atoms with Crippen LogP contribution in [-0.2, 0) is 19.4 Å². The average molecular weight is 424 g/mol. The first-order valence-corrected chi connectivity index (χ1v) is 10.9. The topological polar surface area (TPSA) is 60.4 Å². The van der Waals surface area contributed by atoms with Gasteiger partial charge in [0.25, 0.3) is 0 Å². The lowest BCUT2D eigenvalue weighted by atomic mass is 9.83. The number of hydrogen-bond donors (Lipinski definition) is 1. The van der Waals surface area contributed by atoms with Crippen molar-refractivity contribution in [3.63, 3.8) is 0 Å². The molecule has 0 radical (unpaired) electrons. The number of nitrogens with zero attached hydrogens (tertiary/aromatic N) is 1. The van der Waals surface area contributed by atoms with Gasteiger partial charge in [-0.2, -0.15) is 0 Å². The number of hydrogen-bond acceptors (Lipinski definition) is 6. The van der Waals surface area contributed by atoms with Crippen molar-refractivity contribution in [2.45, 2.75) is 32.4 Å². The SMILES string of the molecule is COc1cc2c(cc1OCC(C)C=CCO)CC1c3cc4c(cc3CCN1C2)OCO4. The van der Waals surface area contributed by atoms with Crippen molar-refractivity contribution < 1.29 is 24.1 Å². The Hall–Kier alpha value is -2.70. The highest BCUT2D eigenvalue weighted by atomic mass is 16.7. The van der Waals surface area contributed by atoms with E-state index >= 15 is 0 Å². The van der Waals surface area contributed by atoms with E-state index in [-0.39, 0.29) is 12.5 Å². The van der Waals surface area contributed by atoms with Gasteiger partial charge in [-0.25, -0.2) is 0 Å². The van der Waals surface area contributed by atoms with E-state index in [1.54, 1.807) is 13.2 Å². The minimum Gasteiger partial charge on any atom is -0.493 e. The summed E-state index contributed by atoms with van der Waals surface area (Å²) in [6.45, 7) is 4.89. The quantitative estimate of drug-likeness (QED) is 0.716. The van der Waals surface area contributed by atoms with Crippen LogP contribution < -0.4 is 18.9 Å². The highest BCUT2D eigenvalue weighted by Gasteiger charge is 2.34. The standard InChI is InChI=1S/C25H29NO5/c1-16(4-3-7-27)14-29-23-10-18-8-21-20-12-25-24(30-15-31-25)9-17(20)5-6-26(21)13-19(18)11-22(23)28-2/h3-4,9-12,16,21,27H,5-8,13-15H2,1-2H3. The third-order valence-corrected chi connectivity index (χ3v) is 6.45. The fourth-order valence-electron chi connectivity index (χ4n) is 4.82. The minimum absolute atomic E-state index is 0.0479. The Bertz CT molecular complexity index is 1000. The number of rotatable bonds is 6.